The Morgan fingerprint density at radius 3 is 2.38 bits per heavy atom. The summed E-state index contributed by atoms with van der Waals surface area (Å²) in [7, 11) is 4.71. The van der Waals surface area contributed by atoms with Crippen LogP contribution in [0.2, 0.25) is 0 Å². The van der Waals surface area contributed by atoms with Crippen molar-refractivity contribution in [2.75, 3.05) is 34.4 Å². The Morgan fingerprint density at radius 1 is 1.06 bits per heavy atom. The molecular formula is C24H27FN4O3. The third-order valence-corrected chi connectivity index (χ3v) is 5.91. The first-order valence-corrected chi connectivity index (χ1v) is 10.6. The average Bonchev–Trinajstić information content (AvgIpc) is 3.29. The van der Waals surface area contributed by atoms with Gasteiger partial charge in [0.05, 0.1) is 31.3 Å². The number of benzene rings is 2. The predicted octanol–water partition coefficient (Wildman–Crippen LogP) is 4.21. The maximum absolute atomic E-state index is 14.5. The molecule has 168 valence electrons. The number of nitrogens with one attached hydrogen (secondary N) is 1. The third-order valence-electron chi connectivity index (χ3n) is 5.91. The topological polar surface area (TPSA) is 68.6 Å². The second-order valence-corrected chi connectivity index (χ2v) is 7.73. The molecule has 8 heteroatoms. The number of rotatable bonds is 5. The van der Waals surface area contributed by atoms with Crippen molar-refractivity contribution >= 4 is 6.03 Å². The molecule has 2 heterocycles. The molecule has 0 atom stereocenters. The number of carbonyl (C=O) groups is 1. The van der Waals surface area contributed by atoms with Crippen LogP contribution in [-0.2, 0) is 0 Å². The Hall–Kier alpha value is -3.55. The molecule has 2 amide bonds. The van der Waals surface area contributed by atoms with Crippen molar-refractivity contribution in [2.24, 2.45) is 0 Å². The standard InChI is InChI=1S/C24H27FN4O3/c1-26-24(30)28-12-10-16(11-13-28)21-15-22(17-4-9-23(32-3)20(25)14-17)29(27-21)18-5-7-19(31-2)8-6-18/h4-9,14-16H,10-13H2,1-3H3,(H,26,30). The predicted molar refractivity (Wildman–Crippen MR) is 120 cm³/mol. The molecule has 7 nitrogen and oxygen atoms in total. The van der Waals surface area contributed by atoms with Crippen molar-refractivity contribution in [1.29, 1.82) is 0 Å². The lowest BCUT2D eigenvalue weighted by molar-refractivity contribution is 0.183. The van der Waals surface area contributed by atoms with E-state index in [4.69, 9.17) is 14.6 Å². The molecule has 1 N–H and O–H groups in total. The number of likely N-dealkylation sites (tertiary alicyclic amines) is 1. The van der Waals surface area contributed by atoms with Crippen LogP contribution in [-0.4, -0.2) is 55.1 Å². The van der Waals surface area contributed by atoms with Gasteiger partial charge >= 0.3 is 6.03 Å². The van der Waals surface area contributed by atoms with E-state index in [9.17, 15) is 9.18 Å². The average molecular weight is 439 g/mol. The maximum atomic E-state index is 14.5. The molecule has 0 bridgehead atoms. The Labute approximate surface area is 186 Å². The van der Waals surface area contributed by atoms with Gasteiger partial charge in [-0.15, -0.1) is 0 Å². The Bertz CT molecular complexity index is 1090. The minimum atomic E-state index is -0.423. The van der Waals surface area contributed by atoms with Gasteiger partial charge in [-0.2, -0.15) is 5.10 Å². The van der Waals surface area contributed by atoms with Crippen LogP contribution < -0.4 is 14.8 Å². The normalized spacial score (nSPS) is 14.3. The second kappa shape index (κ2) is 9.30. The Morgan fingerprint density at radius 2 is 1.78 bits per heavy atom. The summed E-state index contributed by atoms with van der Waals surface area (Å²) in [6.45, 7) is 1.35. The minimum absolute atomic E-state index is 0.0541. The second-order valence-electron chi connectivity index (χ2n) is 7.73. The number of ether oxygens (including phenoxy) is 2. The lowest BCUT2D eigenvalue weighted by Gasteiger charge is -2.30. The number of carbonyl (C=O) groups excluding carboxylic acids is 1. The van der Waals surface area contributed by atoms with Gasteiger partial charge in [0.25, 0.3) is 0 Å². The van der Waals surface area contributed by atoms with E-state index in [1.165, 1.54) is 13.2 Å². The summed E-state index contributed by atoms with van der Waals surface area (Å²) in [5, 5.41) is 7.58. The summed E-state index contributed by atoms with van der Waals surface area (Å²) < 4.78 is 26.6. The van der Waals surface area contributed by atoms with Crippen LogP contribution in [0.1, 0.15) is 24.5 Å². The molecular weight excluding hydrogens is 411 g/mol. The first kappa shape index (κ1) is 21.7. The van der Waals surface area contributed by atoms with Crippen LogP contribution in [0.25, 0.3) is 16.9 Å². The summed E-state index contributed by atoms with van der Waals surface area (Å²) in [6.07, 6.45) is 1.65. The molecule has 1 aliphatic rings. The highest BCUT2D eigenvalue weighted by molar-refractivity contribution is 5.73. The third kappa shape index (κ3) is 4.26. The van der Waals surface area contributed by atoms with Gasteiger partial charge in [0.15, 0.2) is 11.6 Å². The van der Waals surface area contributed by atoms with Crippen molar-refractivity contribution in [2.45, 2.75) is 18.8 Å². The van der Waals surface area contributed by atoms with Crippen LogP contribution in [0.15, 0.2) is 48.5 Å². The number of halogens is 1. The number of hydrogen-bond donors (Lipinski definition) is 1. The molecule has 0 radical (unpaired) electrons. The van der Waals surface area contributed by atoms with E-state index in [0.29, 0.717) is 18.7 Å². The molecule has 4 rings (SSSR count). The molecule has 2 aromatic carbocycles. The van der Waals surface area contributed by atoms with E-state index in [0.717, 1.165) is 35.7 Å². The van der Waals surface area contributed by atoms with Gasteiger partial charge in [-0.3, -0.25) is 0 Å². The fraction of sp³-hybridized carbons (Fsp3) is 0.333. The van der Waals surface area contributed by atoms with Crippen LogP contribution >= 0.6 is 0 Å². The summed E-state index contributed by atoms with van der Waals surface area (Å²) in [5.74, 6) is 0.746. The lowest BCUT2D eigenvalue weighted by atomic mass is 9.93. The van der Waals surface area contributed by atoms with E-state index in [2.05, 4.69) is 5.32 Å². The number of methoxy groups -OCH3 is 2. The van der Waals surface area contributed by atoms with E-state index in [-0.39, 0.29) is 17.7 Å². The quantitative estimate of drug-likeness (QED) is 0.648. The first-order valence-electron chi connectivity index (χ1n) is 10.6. The van der Waals surface area contributed by atoms with E-state index >= 15 is 0 Å². The first-order chi connectivity index (χ1) is 15.5. The Kier molecular flexibility index (Phi) is 6.30. The monoisotopic (exact) mass is 438 g/mol. The van der Waals surface area contributed by atoms with Gasteiger partial charge in [0, 0.05) is 31.6 Å². The zero-order valence-electron chi connectivity index (χ0n) is 18.5. The molecule has 1 aromatic heterocycles. The smallest absolute Gasteiger partial charge is 0.317 e. The zero-order chi connectivity index (χ0) is 22.7. The summed E-state index contributed by atoms with van der Waals surface area (Å²) in [4.78, 5) is 13.7. The van der Waals surface area contributed by atoms with Gasteiger partial charge in [-0.1, -0.05) is 0 Å². The number of hydrogen-bond acceptors (Lipinski definition) is 4. The molecule has 3 aromatic rings. The van der Waals surface area contributed by atoms with Gasteiger partial charge in [-0.25, -0.2) is 13.9 Å². The molecule has 32 heavy (non-hydrogen) atoms. The lowest BCUT2D eigenvalue weighted by Crippen LogP contribution is -2.42. The van der Waals surface area contributed by atoms with Crippen molar-refractivity contribution in [3.63, 3.8) is 0 Å². The maximum Gasteiger partial charge on any atom is 0.317 e. The summed E-state index contributed by atoms with van der Waals surface area (Å²) in [5.41, 5.74) is 3.29. The molecule has 0 unspecified atom stereocenters. The van der Waals surface area contributed by atoms with Crippen molar-refractivity contribution in [1.82, 2.24) is 20.0 Å². The Balaban J connectivity index is 1.70. The van der Waals surface area contributed by atoms with Crippen molar-refractivity contribution < 1.29 is 18.7 Å². The van der Waals surface area contributed by atoms with Crippen LogP contribution in [0.4, 0.5) is 9.18 Å². The van der Waals surface area contributed by atoms with Gasteiger partial charge in [-0.05, 0) is 61.4 Å². The van der Waals surface area contributed by atoms with Gasteiger partial charge < -0.3 is 19.7 Å². The van der Waals surface area contributed by atoms with E-state index in [1.54, 1.807) is 20.2 Å². The highest BCUT2D eigenvalue weighted by atomic mass is 19.1. The largest absolute Gasteiger partial charge is 0.497 e. The summed E-state index contributed by atoms with van der Waals surface area (Å²) >= 11 is 0. The van der Waals surface area contributed by atoms with Gasteiger partial charge in [0.2, 0.25) is 0 Å². The van der Waals surface area contributed by atoms with Crippen LogP contribution in [0.5, 0.6) is 11.5 Å². The zero-order valence-corrected chi connectivity index (χ0v) is 18.5. The summed E-state index contributed by atoms with van der Waals surface area (Å²) in [6, 6.07) is 14.5. The van der Waals surface area contributed by atoms with Crippen LogP contribution in [0.3, 0.4) is 0 Å². The van der Waals surface area contributed by atoms with E-state index < -0.39 is 5.82 Å². The molecule has 1 fully saturated rings. The molecule has 0 spiro atoms. The molecule has 0 saturated carbocycles. The van der Waals surface area contributed by atoms with Crippen molar-refractivity contribution in [3.8, 4) is 28.4 Å². The number of nitrogens with zero attached hydrogens (tertiary/aromatic N) is 3. The number of piperidine rings is 1. The van der Waals surface area contributed by atoms with Crippen molar-refractivity contribution in [3.05, 3.63) is 60.0 Å². The number of aromatic nitrogens is 2. The minimum Gasteiger partial charge on any atom is -0.497 e. The fourth-order valence-corrected chi connectivity index (χ4v) is 4.09. The fourth-order valence-electron chi connectivity index (χ4n) is 4.09. The highest BCUT2D eigenvalue weighted by Gasteiger charge is 2.26. The molecule has 1 aliphatic heterocycles. The van der Waals surface area contributed by atoms with Crippen LogP contribution in [0, 0.1) is 5.82 Å². The highest BCUT2D eigenvalue weighted by Crippen LogP contribution is 2.33. The molecule has 0 aliphatic carbocycles. The molecule has 1 saturated heterocycles. The van der Waals surface area contributed by atoms with Gasteiger partial charge in [0.1, 0.15) is 5.75 Å². The van der Waals surface area contributed by atoms with E-state index in [1.807, 2.05) is 46.0 Å². The number of urea groups is 1. The SMILES string of the molecule is CNC(=O)N1CCC(c2cc(-c3ccc(OC)c(F)c3)n(-c3ccc(OC)cc3)n2)CC1. The number of amides is 2.